The van der Waals surface area contributed by atoms with Gasteiger partial charge in [0, 0.05) is 24.3 Å². The second-order valence-corrected chi connectivity index (χ2v) is 9.96. The van der Waals surface area contributed by atoms with Crippen molar-refractivity contribution in [2.75, 3.05) is 18.5 Å². The van der Waals surface area contributed by atoms with Gasteiger partial charge in [-0.15, -0.1) is 0 Å². The summed E-state index contributed by atoms with van der Waals surface area (Å²) in [7, 11) is 0. The number of halogens is 2. The van der Waals surface area contributed by atoms with Crippen LogP contribution in [0.25, 0.3) is 11.1 Å². The summed E-state index contributed by atoms with van der Waals surface area (Å²) in [6.45, 7) is 10.5. The van der Waals surface area contributed by atoms with Gasteiger partial charge in [0.05, 0.1) is 6.67 Å². The van der Waals surface area contributed by atoms with Crippen LogP contribution in [0.15, 0.2) is 42.5 Å². The number of hydrogen-bond donors (Lipinski definition) is 1. The first-order chi connectivity index (χ1) is 15.8. The van der Waals surface area contributed by atoms with E-state index in [9.17, 15) is 18.4 Å². The van der Waals surface area contributed by atoms with Gasteiger partial charge in [-0.25, -0.2) is 14.0 Å². The van der Waals surface area contributed by atoms with Gasteiger partial charge in [0.25, 0.3) is 0 Å². The van der Waals surface area contributed by atoms with Gasteiger partial charge < -0.3 is 14.4 Å². The van der Waals surface area contributed by atoms with Crippen molar-refractivity contribution in [2.45, 2.75) is 65.7 Å². The summed E-state index contributed by atoms with van der Waals surface area (Å²) < 4.78 is 38.0. The highest BCUT2D eigenvalue weighted by molar-refractivity contribution is 5.85. The van der Waals surface area contributed by atoms with Crippen molar-refractivity contribution in [2.24, 2.45) is 0 Å². The van der Waals surface area contributed by atoms with E-state index in [1.807, 2.05) is 0 Å². The minimum Gasteiger partial charge on any atom is -0.444 e. The molecule has 0 saturated carbocycles. The van der Waals surface area contributed by atoms with E-state index in [1.54, 1.807) is 77.9 Å². The summed E-state index contributed by atoms with van der Waals surface area (Å²) in [5, 5.41) is 2.51. The van der Waals surface area contributed by atoms with E-state index in [4.69, 9.17) is 9.47 Å². The molecule has 2 amide bonds. The van der Waals surface area contributed by atoms with Gasteiger partial charge in [-0.05, 0) is 77.3 Å². The lowest BCUT2D eigenvalue weighted by atomic mass is 10.0. The maximum atomic E-state index is 14.7. The van der Waals surface area contributed by atoms with Crippen LogP contribution in [-0.2, 0) is 16.0 Å². The van der Waals surface area contributed by atoms with E-state index in [0.29, 0.717) is 11.1 Å². The molecule has 0 atom stereocenters. The number of benzene rings is 2. The number of carbonyl (C=O) groups is 2. The average Bonchev–Trinajstić information content (AvgIpc) is 2.69. The van der Waals surface area contributed by atoms with Crippen LogP contribution in [0, 0.1) is 5.82 Å². The zero-order valence-corrected chi connectivity index (χ0v) is 20.7. The Bertz CT molecular complexity index is 980. The third-order valence-electron chi connectivity index (χ3n) is 4.47. The zero-order chi connectivity index (χ0) is 25.5. The third kappa shape index (κ3) is 9.00. The fourth-order valence-corrected chi connectivity index (χ4v) is 3.07. The molecule has 0 heterocycles. The molecule has 0 aromatic heterocycles. The van der Waals surface area contributed by atoms with Crippen molar-refractivity contribution in [3.63, 3.8) is 0 Å². The second-order valence-electron chi connectivity index (χ2n) is 9.96. The Morgan fingerprint density at radius 3 is 2.09 bits per heavy atom. The molecule has 186 valence electrons. The van der Waals surface area contributed by atoms with E-state index in [2.05, 4.69) is 5.32 Å². The van der Waals surface area contributed by atoms with Crippen LogP contribution >= 0.6 is 0 Å². The molecule has 0 fully saturated rings. The Morgan fingerprint density at radius 2 is 1.56 bits per heavy atom. The number of ether oxygens (including phenoxy) is 2. The fraction of sp³-hybridized carbons (Fsp3) is 0.462. The molecule has 1 N–H and O–H groups in total. The normalized spacial score (nSPS) is 11.6. The number of nitrogens with zero attached hydrogens (tertiary/aromatic N) is 1. The molecule has 0 spiro atoms. The van der Waals surface area contributed by atoms with Crippen LogP contribution in [0.2, 0.25) is 0 Å². The third-order valence-corrected chi connectivity index (χ3v) is 4.47. The lowest BCUT2D eigenvalue weighted by molar-refractivity contribution is 0.0228. The van der Waals surface area contributed by atoms with Gasteiger partial charge in [0.15, 0.2) is 0 Å². The molecule has 0 bridgehead atoms. The smallest absolute Gasteiger partial charge is 0.412 e. The fourth-order valence-electron chi connectivity index (χ4n) is 3.07. The van der Waals surface area contributed by atoms with Crippen molar-refractivity contribution in [1.29, 1.82) is 0 Å². The van der Waals surface area contributed by atoms with Gasteiger partial charge in [0.2, 0.25) is 0 Å². The summed E-state index contributed by atoms with van der Waals surface area (Å²) in [4.78, 5) is 25.8. The van der Waals surface area contributed by atoms with Gasteiger partial charge in [-0.2, -0.15) is 0 Å². The molecule has 0 aliphatic heterocycles. The lowest BCUT2D eigenvalue weighted by Crippen LogP contribution is -2.37. The van der Waals surface area contributed by atoms with Gasteiger partial charge in [-0.3, -0.25) is 9.71 Å². The van der Waals surface area contributed by atoms with Crippen molar-refractivity contribution in [1.82, 2.24) is 4.90 Å². The topological polar surface area (TPSA) is 67.9 Å². The summed E-state index contributed by atoms with van der Waals surface area (Å²) in [5.74, 6) is -0.500. The number of nitrogens with one attached hydrogen (secondary N) is 1. The number of carbonyl (C=O) groups excluding carboxylic acids is 2. The quantitative estimate of drug-likeness (QED) is 0.470. The van der Waals surface area contributed by atoms with Crippen LogP contribution in [0.1, 0.15) is 53.5 Å². The summed E-state index contributed by atoms with van der Waals surface area (Å²) in [5.41, 5.74) is 0.775. The van der Waals surface area contributed by atoms with E-state index in [0.717, 1.165) is 5.56 Å². The highest BCUT2D eigenvalue weighted by Crippen LogP contribution is 2.26. The lowest BCUT2D eigenvalue weighted by Gasteiger charge is -2.27. The van der Waals surface area contributed by atoms with E-state index in [-0.39, 0.29) is 25.2 Å². The summed E-state index contributed by atoms with van der Waals surface area (Å²) in [6, 6.07) is 11.5. The monoisotopic (exact) mass is 476 g/mol. The standard InChI is InChI=1S/C26H34F2N2O4/c1-25(2,3)33-23(31)29-20-12-13-21(22(28)16-20)19-10-8-18(9-11-19)17-30(15-7-14-27)24(32)34-26(4,5)6/h8-13,16H,7,14-15,17H2,1-6H3,(H,29,31). The predicted molar refractivity (Wildman–Crippen MR) is 129 cm³/mol. The molecular weight excluding hydrogens is 442 g/mol. The highest BCUT2D eigenvalue weighted by atomic mass is 19.1. The molecule has 2 aromatic rings. The molecule has 0 radical (unpaired) electrons. The van der Waals surface area contributed by atoms with Crippen LogP contribution in [0.3, 0.4) is 0 Å². The van der Waals surface area contributed by atoms with Crippen molar-refractivity contribution in [3.8, 4) is 11.1 Å². The van der Waals surface area contributed by atoms with Crippen molar-refractivity contribution >= 4 is 17.9 Å². The number of alkyl halides is 1. The number of hydrogen-bond acceptors (Lipinski definition) is 4. The minimum absolute atomic E-state index is 0.215. The number of amides is 2. The average molecular weight is 477 g/mol. The molecular formula is C26H34F2N2O4. The number of anilines is 1. The minimum atomic E-state index is -0.661. The van der Waals surface area contributed by atoms with E-state index < -0.39 is 35.9 Å². The SMILES string of the molecule is CC(C)(C)OC(=O)Nc1ccc(-c2ccc(CN(CCCF)C(=O)OC(C)(C)C)cc2)c(F)c1. The molecule has 34 heavy (non-hydrogen) atoms. The Hall–Kier alpha value is -3.16. The maximum absolute atomic E-state index is 14.7. The Kier molecular flexibility index (Phi) is 9.01. The van der Waals surface area contributed by atoms with Gasteiger partial charge >= 0.3 is 12.2 Å². The largest absolute Gasteiger partial charge is 0.444 e. The Balaban J connectivity index is 2.11. The predicted octanol–water partition coefficient (Wildman–Crippen LogP) is 6.94. The first-order valence-corrected chi connectivity index (χ1v) is 11.2. The van der Waals surface area contributed by atoms with E-state index in [1.165, 1.54) is 11.0 Å². The molecule has 0 aliphatic carbocycles. The first kappa shape index (κ1) is 27.1. The number of rotatable bonds is 7. The summed E-state index contributed by atoms with van der Waals surface area (Å²) in [6.07, 6.45) is -0.956. The zero-order valence-electron chi connectivity index (χ0n) is 20.7. The maximum Gasteiger partial charge on any atom is 0.412 e. The van der Waals surface area contributed by atoms with E-state index >= 15 is 0 Å². The first-order valence-electron chi connectivity index (χ1n) is 11.2. The molecule has 2 aromatic carbocycles. The Morgan fingerprint density at radius 1 is 0.941 bits per heavy atom. The molecule has 8 heteroatoms. The highest BCUT2D eigenvalue weighted by Gasteiger charge is 2.22. The van der Waals surface area contributed by atoms with Crippen LogP contribution in [0.5, 0.6) is 0 Å². The van der Waals surface area contributed by atoms with Crippen LogP contribution < -0.4 is 5.32 Å². The molecule has 2 rings (SSSR count). The molecule has 0 aliphatic rings. The Labute approximate surface area is 200 Å². The second kappa shape index (κ2) is 11.3. The molecule has 0 saturated heterocycles. The van der Waals surface area contributed by atoms with Gasteiger partial charge in [0.1, 0.15) is 17.0 Å². The molecule has 0 unspecified atom stereocenters. The van der Waals surface area contributed by atoms with Crippen molar-refractivity contribution in [3.05, 3.63) is 53.8 Å². The van der Waals surface area contributed by atoms with Crippen LogP contribution in [0.4, 0.5) is 24.1 Å². The summed E-state index contributed by atoms with van der Waals surface area (Å²) >= 11 is 0. The van der Waals surface area contributed by atoms with Crippen LogP contribution in [-0.4, -0.2) is 41.5 Å². The van der Waals surface area contributed by atoms with Gasteiger partial charge in [-0.1, -0.05) is 24.3 Å². The van der Waals surface area contributed by atoms with Crippen molar-refractivity contribution < 1.29 is 27.8 Å². The molecule has 6 nitrogen and oxygen atoms in total.